The van der Waals surface area contributed by atoms with E-state index in [4.69, 9.17) is 5.73 Å². The van der Waals surface area contributed by atoms with Crippen molar-refractivity contribution in [3.63, 3.8) is 0 Å². The molecule has 1 amide bonds. The number of carbonyl (C=O) groups excluding carboxylic acids is 1. The molecule has 6 nitrogen and oxygen atoms in total. The number of carbonyl (C=O) groups is 1. The number of nitrogens with zero attached hydrogens (tertiary/aromatic N) is 2. The molecule has 3 N–H and O–H groups in total. The zero-order valence-corrected chi connectivity index (χ0v) is 9.37. The van der Waals surface area contributed by atoms with E-state index in [-0.39, 0.29) is 12.5 Å². The van der Waals surface area contributed by atoms with Crippen molar-refractivity contribution < 1.29 is 9.32 Å². The van der Waals surface area contributed by atoms with Gasteiger partial charge in [0, 0.05) is 10.6 Å². The van der Waals surface area contributed by atoms with Gasteiger partial charge < -0.3 is 15.6 Å². The van der Waals surface area contributed by atoms with Crippen molar-refractivity contribution in [1.82, 2.24) is 15.5 Å². The Morgan fingerprint density at radius 3 is 3.06 bits per heavy atom. The van der Waals surface area contributed by atoms with Crippen LogP contribution in [0, 0.1) is 6.92 Å². The third-order valence-electron chi connectivity index (χ3n) is 1.99. The fraction of sp³-hybridized carbons (Fsp3) is 0.222. The van der Waals surface area contributed by atoms with E-state index in [1.54, 1.807) is 6.07 Å². The third-order valence-corrected chi connectivity index (χ3v) is 3.06. The fourth-order valence-electron chi connectivity index (χ4n) is 1.12. The van der Waals surface area contributed by atoms with Crippen LogP contribution in [0.25, 0.3) is 0 Å². The number of hydrogen-bond acceptors (Lipinski definition) is 6. The van der Waals surface area contributed by atoms with E-state index in [9.17, 15) is 4.79 Å². The Kier molecular flexibility index (Phi) is 2.86. The van der Waals surface area contributed by atoms with Crippen molar-refractivity contribution in [3.05, 3.63) is 28.0 Å². The summed E-state index contributed by atoms with van der Waals surface area (Å²) in [5.41, 5.74) is 6.29. The van der Waals surface area contributed by atoms with Gasteiger partial charge >= 0.3 is 0 Å². The molecule has 0 unspecified atom stereocenters. The molecular formula is C9H10N4O2S. The Morgan fingerprint density at radius 2 is 2.50 bits per heavy atom. The first-order valence-electron chi connectivity index (χ1n) is 4.56. The van der Waals surface area contributed by atoms with Crippen molar-refractivity contribution in [3.8, 4) is 0 Å². The smallest absolute Gasteiger partial charge is 0.261 e. The molecule has 2 aromatic rings. The molecule has 16 heavy (non-hydrogen) atoms. The van der Waals surface area contributed by atoms with Crippen molar-refractivity contribution in [2.45, 2.75) is 13.5 Å². The number of nitrogen functional groups attached to an aromatic ring is 1. The second-order valence-corrected chi connectivity index (χ2v) is 4.41. The van der Waals surface area contributed by atoms with Gasteiger partial charge in [-0.15, -0.1) is 11.3 Å². The molecule has 0 spiro atoms. The van der Waals surface area contributed by atoms with Crippen LogP contribution in [0.4, 0.5) is 5.69 Å². The van der Waals surface area contributed by atoms with Crippen LogP contribution in [-0.4, -0.2) is 16.0 Å². The predicted molar refractivity (Wildman–Crippen MR) is 58.9 cm³/mol. The first-order chi connectivity index (χ1) is 7.66. The highest BCUT2D eigenvalue weighted by atomic mass is 32.1. The van der Waals surface area contributed by atoms with Crippen LogP contribution in [0.1, 0.15) is 20.4 Å². The van der Waals surface area contributed by atoms with E-state index in [1.807, 2.05) is 6.92 Å². The summed E-state index contributed by atoms with van der Waals surface area (Å²) in [7, 11) is 0. The lowest BCUT2D eigenvalue weighted by Crippen LogP contribution is -2.22. The lowest BCUT2D eigenvalue weighted by Gasteiger charge is -1.98. The van der Waals surface area contributed by atoms with E-state index in [0.29, 0.717) is 16.4 Å². The first-order valence-corrected chi connectivity index (χ1v) is 5.38. The summed E-state index contributed by atoms with van der Waals surface area (Å²) in [5, 5.41) is 6.26. The van der Waals surface area contributed by atoms with Crippen LogP contribution in [0.5, 0.6) is 0 Å². The Hall–Kier alpha value is -1.89. The Balaban J connectivity index is 1.98. The molecule has 2 rings (SSSR count). The van der Waals surface area contributed by atoms with Crippen molar-refractivity contribution >= 4 is 22.9 Å². The van der Waals surface area contributed by atoms with Gasteiger partial charge in [0.1, 0.15) is 0 Å². The number of hydrogen-bond donors (Lipinski definition) is 2. The SMILES string of the molecule is Cc1sc(C(=O)NCc2ncon2)cc1N. The average molecular weight is 238 g/mol. The van der Waals surface area contributed by atoms with Gasteiger partial charge in [0.2, 0.25) is 6.39 Å². The minimum Gasteiger partial charge on any atom is -0.398 e. The van der Waals surface area contributed by atoms with Crippen LogP contribution in [0.3, 0.4) is 0 Å². The minimum atomic E-state index is -0.186. The number of aryl methyl sites for hydroxylation is 1. The van der Waals surface area contributed by atoms with E-state index < -0.39 is 0 Å². The van der Waals surface area contributed by atoms with Crippen molar-refractivity contribution in [2.24, 2.45) is 0 Å². The highest BCUT2D eigenvalue weighted by Gasteiger charge is 2.11. The zero-order valence-electron chi connectivity index (χ0n) is 8.56. The maximum Gasteiger partial charge on any atom is 0.261 e. The third kappa shape index (κ3) is 2.19. The minimum absolute atomic E-state index is 0.186. The second-order valence-electron chi connectivity index (χ2n) is 3.15. The molecule has 84 valence electrons. The largest absolute Gasteiger partial charge is 0.398 e. The lowest BCUT2D eigenvalue weighted by molar-refractivity contribution is 0.0953. The summed E-state index contributed by atoms with van der Waals surface area (Å²) < 4.78 is 4.55. The predicted octanol–water partition coefficient (Wildman–Crippen LogP) is 0.952. The molecule has 0 saturated carbocycles. The molecule has 0 aliphatic heterocycles. The maximum atomic E-state index is 11.7. The van der Waals surface area contributed by atoms with Crippen LogP contribution < -0.4 is 11.1 Å². The van der Waals surface area contributed by atoms with Gasteiger partial charge in [0.25, 0.3) is 5.91 Å². The topological polar surface area (TPSA) is 94.0 Å². The number of rotatable bonds is 3. The van der Waals surface area contributed by atoms with E-state index in [1.165, 1.54) is 17.7 Å². The summed E-state index contributed by atoms with van der Waals surface area (Å²) in [6, 6.07) is 1.66. The Bertz CT molecular complexity index is 472. The first kappa shape index (κ1) is 10.6. The van der Waals surface area contributed by atoms with E-state index in [2.05, 4.69) is 20.0 Å². The molecule has 0 aromatic carbocycles. The number of nitrogens with two attached hydrogens (primary N) is 1. The highest BCUT2D eigenvalue weighted by Crippen LogP contribution is 2.23. The molecule has 0 fully saturated rings. The summed E-state index contributed by atoms with van der Waals surface area (Å²) in [5.74, 6) is 0.254. The second kappa shape index (κ2) is 4.31. The molecule has 0 bridgehead atoms. The molecular weight excluding hydrogens is 228 g/mol. The van der Waals surface area contributed by atoms with Crippen LogP contribution in [0.2, 0.25) is 0 Å². The number of thiophene rings is 1. The lowest BCUT2D eigenvalue weighted by atomic mass is 10.3. The molecule has 0 radical (unpaired) electrons. The van der Waals surface area contributed by atoms with Crippen molar-refractivity contribution in [1.29, 1.82) is 0 Å². The van der Waals surface area contributed by atoms with Crippen LogP contribution in [0.15, 0.2) is 17.0 Å². The fourth-order valence-corrected chi connectivity index (χ4v) is 1.98. The van der Waals surface area contributed by atoms with Gasteiger partial charge in [0.05, 0.1) is 11.4 Å². The molecule has 2 aromatic heterocycles. The Morgan fingerprint density at radius 1 is 1.69 bits per heavy atom. The summed E-state index contributed by atoms with van der Waals surface area (Å²) >= 11 is 1.36. The number of aromatic nitrogens is 2. The van der Waals surface area contributed by atoms with Gasteiger partial charge in [-0.25, -0.2) is 0 Å². The molecule has 0 aliphatic carbocycles. The van der Waals surface area contributed by atoms with E-state index in [0.717, 1.165) is 4.88 Å². The number of nitrogens with one attached hydrogen (secondary N) is 1. The quantitative estimate of drug-likeness (QED) is 0.830. The highest BCUT2D eigenvalue weighted by molar-refractivity contribution is 7.14. The summed E-state index contributed by atoms with van der Waals surface area (Å²) in [6.45, 7) is 2.11. The standard InChI is InChI=1S/C9H10N4O2S/c1-5-6(10)2-7(16-5)9(14)11-3-8-12-4-15-13-8/h2,4H,3,10H2,1H3,(H,11,14). The molecule has 2 heterocycles. The number of amides is 1. The van der Waals surface area contributed by atoms with Gasteiger partial charge in [-0.3, -0.25) is 4.79 Å². The Labute approximate surface area is 95.5 Å². The van der Waals surface area contributed by atoms with Gasteiger partial charge in [-0.05, 0) is 13.0 Å². The maximum absolute atomic E-state index is 11.7. The van der Waals surface area contributed by atoms with Gasteiger partial charge in [-0.1, -0.05) is 5.16 Å². The number of anilines is 1. The molecule has 0 saturated heterocycles. The molecule has 0 aliphatic rings. The zero-order chi connectivity index (χ0) is 11.5. The van der Waals surface area contributed by atoms with Crippen molar-refractivity contribution in [2.75, 3.05) is 5.73 Å². The average Bonchev–Trinajstić information content (AvgIpc) is 2.86. The summed E-state index contributed by atoms with van der Waals surface area (Å²) in [6.07, 6.45) is 1.22. The van der Waals surface area contributed by atoms with Gasteiger partial charge in [-0.2, -0.15) is 4.98 Å². The van der Waals surface area contributed by atoms with E-state index >= 15 is 0 Å². The van der Waals surface area contributed by atoms with Gasteiger partial charge in [0.15, 0.2) is 5.82 Å². The van der Waals surface area contributed by atoms with Crippen LogP contribution in [-0.2, 0) is 6.54 Å². The monoisotopic (exact) mass is 238 g/mol. The molecule has 0 atom stereocenters. The normalized spacial score (nSPS) is 10.3. The van der Waals surface area contributed by atoms with Crippen LogP contribution >= 0.6 is 11.3 Å². The summed E-state index contributed by atoms with van der Waals surface area (Å²) in [4.78, 5) is 17.0. The molecule has 7 heteroatoms.